The molecule has 1 aliphatic rings. The van der Waals surface area contributed by atoms with E-state index < -0.39 is 0 Å². The maximum absolute atomic E-state index is 12.4. The molecular weight excluding hydrogens is 292 g/mol. The van der Waals surface area contributed by atoms with E-state index >= 15 is 0 Å². The van der Waals surface area contributed by atoms with Crippen molar-refractivity contribution in [3.8, 4) is 5.75 Å². The Balaban J connectivity index is 1.68. The zero-order chi connectivity index (χ0) is 16.2. The Morgan fingerprint density at radius 3 is 2.70 bits per heavy atom. The van der Waals surface area contributed by atoms with Crippen LogP contribution in [-0.4, -0.2) is 25.5 Å². The second-order valence-corrected chi connectivity index (χ2v) is 5.46. The lowest BCUT2D eigenvalue weighted by Crippen LogP contribution is -2.28. The van der Waals surface area contributed by atoms with Crippen LogP contribution in [0.1, 0.15) is 6.42 Å². The van der Waals surface area contributed by atoms with Gasteiger partial charge in [-0.15, -0.1) is 0 Å². The average molecular weight is 310 g/mol. The molecule has 5 heteroatoms. The van der Waals surface area contributed by atoms with Gasteiger partial charge in [-0.3, -0.25) is 9.59 Å². The Kier molecular flexibility index (Phi) is 4.28. The highest BCUT2D eigenvalue weighted by Gasteiger charge is 2.35. The molecule has 2 aromatic carbocycles. The zero-order valence-electron chi connectivity index (χ0n) is 12.9. The van der Waals surface area contributed by atoms with Crippen molar-refractivity contribution in [3.63, 3.8) is 0 Å². The summed E-state index contributed by atoms with van der Waals surface area (Å²) in [5, 5.41) is 2.85. The van der Waals surface area contributed by atoms with Gasteiger partial charge < -0.3 is 15.0 Å². The van der Waals surface area contributed by atoms with Crippen molar-refractivity contribution in [2.45, 2.75) is 6.42 Å². The summed E-state index contributed by atoms with van der Waals surface area (Å²) in [6.07, 6.45) is 0.227. The van der Waals surface area contributed by atoms with Crippen molar-refractivity contribution < 1.29 is 14.3 Å². The molecule has 2 amide bonds. The predicted octanol–water partition coefficient (Wildman–Crippen LogP) is 2.69. The molecule has 1 aliphatic heterocycles. The summed E-state index contributed by atoms with van der Waals surface area (Å²) in [6.45, 7) is 0.401. The first-order valence-electron chi connectivity index (χ1n) is 7.47. The molecule has 1 saturated heterocycles. The molecule has 0 radical (unpaired) electrons. The van der Waals surface area contributed by atoms with Gasteiger partial charge in [-0.1, -0.05) is 24.3 Å². The Hall–Kier alpha value is -2.82. The maximum Gasteiger partial charge on any atom is 0.229 e. The Morgan fingerprint density at radius 1 is 1.17 bits per heavy atom. The van der Waals surface area contributed by atoms with Crippen LogP contribution in [-0.2, 0) is 9.59 Å². The van der Waals surface area contributed by atoms with Gasteiger partial charge in [0.2, 0.25) is 11.8 Å². The van der Waals surface area contributed by atoms with Gasteiger partial charge in [0.15, 0.2) is 0 Å². The summed E-state index contributed by atoms with van der Waals surface area (Å²) in [6, 6.07) is 16.6. The van der Waals surface area contributed by atoms with Gasteiger partial charge in [0.1, 0.15) is 5.75 Å². The zero-order valence-corrected chi connectivity index (χ0v) is 12.9. The molecule has 0 spiro atoms. The van der Waals surface area contributed by atoms with E-state index in [1.807, 2.05) is 42.5 Å². The molecule has 1 fully saturated rings. The smallest absolute Gasteiger partial charge is 0.229 e. The Bertz CT molecular complexity index is 715. The highest BCUT2D eigenvalue weighted by molar-refractivity contribution is 6.03. The van der Waals surface area contributed by atoms with E-state index in [0.717, 1.165) is 5.69 Å². The molecule has 2 aromatic rings. The van der Waals surface area contributed by atoms with Crippen LogP contribution in [0, 0.1) is 5.92 Å². The number of hydrogen-bond donors (Lipinski definition) is 1. The molecule has 0 bridgehead atoms. The number of ether oxygens (including phenoxy) is 1. The van der Waals surface area contributed by atoms with Gasteiger partial charge in [-0.05, 0) is 24.3 Å². The summed E-state index contributed by atoms with van der Waals surface area (Å²) in [5.74, 6) is 0.150. The fraction of sp³-hybridized carbons (Fsp3) is 0.222. The fourth-order valence-corrected chi connectivity index (χ4v) is 2.69. The van der Waals surface area contributed by atoms with E-state index in [9.17, 15) is 9.59 Å². The molecule has 1 heterocycles. The minimum absolute atomic E-state index is 0.0259. The molecule has 3 rings (SSSR count). The van der Waals surface area contributed by atoms with Crippen LogP contribution in [0.4, 0.5) is 11.4 Å². The number of carbonyl (C=O) groups excluding carboxylic acids is 2. The van der Waals surface area contributed by atoms with Gasteiger partial charge in [-0.2, -0.15) is 0 Å². The van der Waals surface area contributed by atoms with Gasteiger partial charge in [0, 0.05) is 30.4 Å². The highest BCUT2D eigenvalue weighted by atomic mass is 16.5. The number of para-hydroxylation sites is 1. The summed E-state index contributed by atoms with van der Waals surface area (Å²) in [4.78, 5) is 26.2. The van der Waals surface area contributed by atoms with Gasteiger partial charge in [0.25, 0.3) is 0 Å². The molecule has 1 unspecified atom stereocenters. The van der Waals surface area contributed by atoms with Crippen molar-refractivity contribution in [1.82, 2.24) is 0 Å². The summed E-state index contributed by atoms with van der Waals surface area (Å²) < 4.78 is 5.14. The van der Waals surface area contributed by atoms with Crippen LogP contribution in [0.15, 0.2) is 54.6 Å². The van der Waals surface area contributed by atoms with E-state index in [2.05, 4.69) is 5.32 Å². The number of hydrogen-bond acceptors (Lipinski definition) is 3. The maximum atomic E-state index is 12.4. The van der Waals surface area contributed by atoms with Crippen LogP contribution in [0.25, 0.3) is 0 Å². The standard InChI is InChI=1S/C18H18N2O3/c1-23-16-9-5-6-14(11-16)19-18(22)13-10-17(21)20(12-13)15-7-3-2-4-8-15/h2-9,11,13H,10,12H2,1H3,(H,19,22). The number of nitrogens with zero attached hydrogens (tertiary/aromatic N) is 1. The molecule has 1 atom stereocenters. The van der Waals surface area contributed by atoms with Crippen molar-refractivity contribution in [3.05, 3.63) is 54.6 Å². The lowest BCUT2D eigenvalue weighted by Gasteiger charge is -2.16. The third-order valence-electron chi connectivity index (χ3n) is 3.90. The summed E-state index contributed by atoms with van der Waals surface area (Å²) >= 11 is 0. The van der Waals surface area contributed by atoms with Crippen molar-refractivity contribution in [2.75, 3.05) is 23.9 Å². The molecule has 1 N–H and O–H groups in total. The Morgan fingerprint density at radius 2 is 1.96 bits per heavy atom. The molecule has 118 valence electrons. The lowest BCUT2D eigenvalue weighted by molar-refractivity contribution is -0.122. The molecular formula is C18H18N2O3. The first-order chi connectivity index (χ1) is 11.2. The monoisotopic (exact) mass is 310 g/mol. The average Bonchev–Trinajstić information content (AvgIpc) is 2.98. The second kappa shape index (κ2) is 6.52. The van der Waals surface area contributed by atoms with E-state index in [0.29, 0.717) is 18.0 Å². The minimum atomic E-state index is -0.353. The number of rotatable bonds is 4. The van der Waals surface area contributed by atoms with Crippen molar-refractivity contribution >= 4 is 23.2 Å². The summed E-state index contributed by atoms with van der Waals surface area (Å²) in [7, 11) is 1.58. The van der Waals surface area contributed by atoms with Gasteiger partial charge >= 0.3 is 0 Å². The largest absolute Gasteiger partial charge is 0.497 e. The van der Waals surface area contributed by atoms with Crippen LogP contribution in [0.3, 0.4) is 0 Å². The topological polar surface area (TPSA) is 58.6 Å². The van der Waals surface area contributed by atoms with Crippen molar-refractivity contribution in [2.24, 2.45) is 5.92 Å². The minimum Gasteiger partial charge on any atom is -0.497 e. The van der Waals surface area contributed by atoms with E-state index in [-0.39, 0.29) is 24.2 Å². The van der Waals surface area contributed by atoms with Crippen LogP contribution >= 0.6 is 0 Å². The number of anilines is 2. The van der Waals surface area contributed by atoms with E-state index in [4.69, 9.17) is 4.74 Å². The third-order valence-corrected chi connectivity index (χ3v) is 3.90. The normalized spacial score (nSPS) is 17.2. The first kappa shape index (κ1) is 15.1. The lowest BCUT2D eigenvalue weighted by atomic mass is 10.1. The molecule has 0 aliphatic carbocycles. The second-order valence-electron chi connectivity index (χ2n) is 5.46. The van der Waals surface area contributed by atoms with Gasteiger partial charge in [-0.25, -0.2) is 0 Å². The number of methoxy groups -OCH3 is 1. The van der Waals surface area contributed by atoms with E-state index in [1.54, 1.807) is 24.1 Å². The van der Waals surface area contributed by atoms with Crippen LogP contribution in [0.5, 0.6) is 5.75 Å². The number of amides is 2. The first-order valence-corrected chi connectivity index (χ1v) is 7.47. The fourth-order valence-electron chi connectivity index (χ4n) is 2.69. The van der Waals surface area contributed by atoms with Crippen LogP contribution in [0.2, 0.25) is 0 Å². The highest BCUT2D eigenvalue weighted by Crippen LogP contribution is 2.26. The molecule has 0 saturated carbocycles. The molecule has 0 aromatic heterocycles. The number of nitrogens with one attached hydrogen (secondary N) is 1. The Labute approximate surface area is 134 Å². The van der Waals surface area contributed by atoms with Gasteiger partial charge in [0.05, 0.1) is 13.0 Å². The molecule has 23 heavy (non-hydrogen) atoms. The number of carbonyl (C=O) groups is 2. The van der Waals surface area contributed by atoms with E-state index in [1.165, 1.54) is 0 Å². The summed E-state index contributed by atoms with van der Waals surface area (Å²) in [5.41, 5.74) is 1.49. The van der Waals surface area contributed by atoms with Crippen molar-refractivity contribution in [1.29, 1.82) is 0 Å². The molecule has 5 nitrogen and oxygen atoms in total. The number of benzene rings is 2. The van der Waals surface area contributed by atoms with Crippen LogP contribution < -0.4 is 15.0 Å². The SMILES string of the molecule is COc1cccc(NC(=O)C2CC(=O)N(c3ccccc3)C2)c1. The quantitative estimate of drug-likeness (QED) is 0.944. The third kappa shape index (κ3) is 3.34. The predicted molar refractivity (Wildman–Crippen MR) is 88.5 cm³/mol.